The third-order valence-corrected chi connectivity index (χ3v) is 3.77. The summed E-state index contributed by atoms with van der Waals surface area (Å²) in [5.41, 5.74) is 2.07. The Morgan fingerprint density at radius 1 is 1.40 bits per heavy atom. The molecule has 2 N–H and O–H groups in total. The van der Waals surface area contributed by atoms with Gasteiger partial charge in [0, 0.05) is 18.8 Å². The predicted molar refractivity (Wildman–Crippen MR) is 77.7 cm³/mol. The average Bonchev–Trinajstić information content (AvgIpc) is 3.04. The van der Waals surface area contributed by atoms with E-state index >= 15 is 0 Å². The van der Waals surface area contributed by atoms with Gasteiger partial charge in [0.05, 0.1) is 5.69 Å². The molecule has 0 amide bonds. The highest BCUT2D eigenvalue weighted by Gasteiger charge is 2.14. The largest absolute Gasteiger partial charge is 0.309 e. The van der Waals surface area contributed by atoms with Crippen molar-refractivity contribution >= 4 is 17.4 Å². The van der Waals surface area contributed by atoms with Gasteiger partial charge in [-0.05, 0) is 23.9 Å². The maximum absolute atomic E-state index is 4.66. The number of nitrogens with zero attached hydrogens (tertiary/aromatic N) is 4. The number of nitrogens with one attached hydrogen (secondary N) is 2. The normalized spacial score (nSPS) is 11.6. The Hall–Kier alpha value is -1.86. The summed E-state index contributed by atoms with van der Waals surface area (Å²) in [7, 11) is 0. The van der Waals surface area contributed by atoms with Crippen molar-refractivity contribution in [1.29, 1.82) is 0 Å². The number of aromatic nitrogens is 5. The highest BCUT2D eigenvalue weighted by molar-refractivity contribution is 7.99. The van der Waals surface area contributed by atoms with Gasteiger partial charge in [-0.2, -0.15) is 5.10 Å². The van der Waals surface area contributed by atoms with Crippen LogP contribution >= 0.6 is 11.8 Å². The molecule has 0 spiro atoms. The fourth-order valence-electron chi connectivity index (χ4n) is 1.90. The maximum atomic E-state index is 4.66. The Kier molecular flexibility index (Phi) is 3.70. The molecule has 0 aliphatic heterocycles. The molecule has 3 aromatic heterocycles. The van der Waals surface area contributed by atoms with Gasteiger partial charge in [0.2, 0.25) is 0 Å². The van der Waals surface area contributed by atoms with Gasteiger partial charge in [0.1, 0.15) is 17.0 Å². The number of H-pyrrole nitrogens is 1. The number of pyridine rings is 1. The van der Waals surface area contributed by atoms with Crippen molar-refractivity contribution in [1.82, 2.24) is 29.9 Å². The van der Waals surface area contributed by atoms with E-state index in [-0.39, 0.29) is 0 Å². The summed E-state index contributed by atoms with van der Waals surface area (Å²) in [5, 5.41) is 11.9. The molecule has 0 aliphatic carbocycles. The molecule has 0 fully saturated rings. The monoisotopic (exact) mass is 288 g/mol. The molecule has 3 aromatic rings. The lowest BCUT2D eigenvalue weighted by molar-refractivity contribution is 0.574. The van der Waals surface area contributed by atoms with Crippen molar-refractivity contribution in [3.05, 3.63) is 36.4 Å². The summed E-state index contributed by atoms with van der Waals surface area (Å²) >= 11 is 1.50. The van der Waals surface area contributed by atoms with Crippen molar-refractivity contribution in [3.8, 4) is 0 Å². The van der Waals surface area contributed by atoms with E-state index < -0.39 is 0 Å². The van der Waals surface area contributed by atoms with Crippen LogP contribution in [0.1, 0.15) is 19.5 Å². The zero-order valence-corrected chi connectivity index (χ0v) is 12.2. The second-order valence-electron chi connectivity index (χ2n) is 4.72. The molecule has 0 unspecified atom stereocenters. The van der Waals surface area contributed by atoms with Crippen LogP contribution in [0.25, 0.3) is 5.65 Å². The summed E-state index contributed by atoms with van der Waals surface area (Å²) in [4.78, 5) is 8.81. The Labute approximate surface area is 121 Å². The number of hydrogen-bond acceptors (Lipinski definition) is 5. The smallest absolute Gasteiger partial charge is 0.189 e. The third-order valence-electron chi connectivity index (χ3n) is 2.86. The van der Waals surface area contributed by atoms with Gasteiger partial charge in [-0.25, -0.2) is 9.97 Å². The predicted octanol–water partition coefficient (Wildman–Crippen LogP) is 2.10. The first-order valence-electron chi connectivity index (χ1n) is 6.46. The number of rotatable bonds is 5. The Balaban J connectivity index is 1.98. The van der Waals surface area contributed by atoms with Gasteiger partial charge in [0.15, 0.2) is 5.16 Å². The van der Waals surface area contributed by atoms with E-state index in [1.807, 2.05) is 24.4 Å². The molecule has 0 radical (unpaired) electrons. The molecule has 3 rings (SSSR count). The topological polar surface area (TPSA) is 70.9 Å². The average molecular weight is 288 g/mol. The molecule has 6 nitrogen and oxygen atoms in total. The zero-order valence-electron chi connectivity index (χ0n) is 11.4. The second kappa shape index (κ2) is 5.64. The van der Waals surface area contributed by atoms with Gasteiger partial charge in [0.25, 0.3) is 0 Å². The molecule has 0 aliphatic rings. The van der Waals surface area contributed by atoms with Crippen LogP contribution in [0.3, 0.4) is 0 Å². The SMILES string of the molecule is CC(C)NCc1c(Sc2ncn[nH]2)nc2ccccn12. The molecule has 104 valence electrons. The van der Waals surface area contributed by atoms with Crippen LogP contribution in [0.5, 0.6) is 0 Å². The van der Waals surface area contributed by atoms with E-state index in [9.17, 15) is 0 Å². The Morgan fingerprint density at radius 3 is 3.05 bits per heavy atom. The van der Waals surface area contributed by atoms with Gasteiger partial charge >= 0.3 is 0 Å². The Bertz CT molecular complexity index is 688. The number of hydrogen-bond donors (Lipinski definition) is 2. The van der Waals surface area contributed by atoms with Gasteiger partial charge < -0.3 is 9.72 Å². The fourth-order valence-corrected chi connectivity index (χ4v) is 2.71. The van der Waals surface area contributed by atoms with E-state index in [0.717, 1.165) is 28.1 Å². The van der Waals surface area contributed by atoms with Gasteiger partial charge in [-0.1, -0.05) is 19.9 Å². The second-order valence-corrected chi connectivity index (χ2v) is 5.70. The van der Waals surface area contributed by atoms with E-state index in [1.54, 1.807) is 0 Å². The van der Waals surface area contributed by atoms with Crippen molar-refractivity contribution in [2.75, 3.05) is 0 Å². The van der Waals surface area contributed by atoms with Gasteiger partial charge in [-0.3, -0.25) is 5.10 Å². The molecule has 0 atom stereocenters. The van der Waals surface area contributed by atoms with E-state index in [4.69, 9.17) is 0 Å². The molecular formula is C13H16N6S. The molecule has 7 heteroatoms. The standard InChI is InChI=1S/C13H16N6S/c1-9(2)14-7-10-12(20-13-15-8-16-18-13)17-11-5-3-4-6-19(10)11/h3-6,8-9,14H,7H2,1-2H3,(H,15,16,18). The minimum atomic E-state index is 0.424. The number of fused-ring (bicyclic) bond motifs is 1. The highest BCUT2D eigenvalue weighted by Crippen LogP contribution is 2.27. The summed E-state index contributed by atoms with van der Waals surface area (Å²) < 4.78 is 2.11. The van der Waals surface area contributed by atoms with E-state index in [2.05, 4.69) is 43.7 Å². The molecular weight excluding hydrogens is 272 g/mol. The molecule has 0 bridgehead atoms. The van der Waals surface area contributed by atoms with Crippen LogP contribution in [0, 0.1) is 0 Å². The molecule has 0 saturated heterocycles. The van der Waals surface area contributed by atoms with Crippen LogP contribution in [0.15, 0.2) is 40.9 Å². The zero-order chi connectivity index (χ0) is 13.9. The van der Waals surface area contributed by atoms with Crippen LogP contribution < -0.4 is 5.32 Å². The summed E-state index contributed by atoms with van der Waals surface area (Å²) in [6, 6.07) is 6.43. The summed E-state index contributed by atoms with van der Waals surface area (Å²) in [5.74, 6) is 0. The molecule has 3 heterocycles. The van der Waals surface area contributed by atoms with Gasteiger partial charge in [-0.15, -0.1) is 0 Å². The lowest BCUT2D eigenvalue weighted by Crippen LogP contribution is -2.23. The molecule has 0 saturated carbocycles. The third kappa shape index (κ3) is 2.68. The lowest BCUT2D eigenvalue weighted by Gasteiger charge is -2.09. The van der Waals surface area contributed by atoms with Crippen molar-refractivity contribution in [2.45, 2.75) is 36.6 Å². The molecule has 20 heavy (non-hydrogen) atoms. The Morgan fingerprint density at radius 2 is 2.30 bits per heavy atom. The quantitative estimate of drug-likeness (QED) is 0.752. The first kappa shape index (κ1) is 13.1. The van der Waals surface area contributed by atoms with E-state index in [1.165, 1.54) is 18.1 Å². The van der Waals surface area contributed by atoms with E-state index in [0.29, 0.717) is 6.04 Å². The van der Waals surface area contributed by atoms with Crippen LogP contribution in [-0.2, 0) is 6.54 Å². The molecule has 0 aromatic carbocycles. The lowest BCUT2D eigenvalue weighted by atomic mass is 10.3. The summed E-state index contributed by atoms with van der Waals surface area (Å²) in [6.07, 6.45) is 3.54. The van der Waals surface area contributed by atoms with Crippen molar-refractivity contribution in [2.24, 2.45) is 0 Å². The van der Waals surface area contributed by atoms with Crippen LogP contribution in [-0.4, -0.2) is 30.6 Å². The first-order valence-corrected chi connectivity index (χ1v) is 7.28. The minimum absolute atomic E-state index is 0.424. The first-order chi connectivity index (χ1) is 9.74. The van der Waals surface area contributed by atoms with Crippen LogP contribution in [0.2, 0.25) is 0 Å². The van der Waals surface area contributed by atoms with Crippen molar-refractivity contribution in [3.63, 3.8) is 0 Å². The number of imidazole rings is 1. The number of aromatic amines is 1. The highest BCUT2D eigenvalue weighted by atomic mass is 32.2. The van der Waals surface area contributed by atoms with Crippen molar-refractivity contribution < 1.29 is 0 Å². The maximum Gasteiger partial charge on any atom is 0.189 e. The summed E-state index contributed by atoms with van der Waals surface area (Å²) in [6.45, 7) is 5.03. The van der Waals surface area contributed by atoms with Crippen LogP contribution in [0.4, 0.5) is 0 Å². The fraction of sp³-hybridized carbons (Fsp3) is 0.308. The minimum Gasteiger partial charge on any atom is -0.309 e.